The second-order valence-electron chi connectivity index (χ2n) is 11.8. The molecule has 3 aliphatic rings. The number of fused-ring (bicyclic) bond motifs is 1. The third-order valence-electron chi connectivity index (χ3n) is 9.32. The van der Waals surface area contributed by atoms with Crippen LogP contribution in [0.1, 0.15) is 51.5 Å². The van der Waals surface area contributed by atoms with E-state index >= 15 is 0 Å². The van der Waals surface area contributed by atoms with Gasteiger partial charge in [-0.25, -0.2) is 0 Å². The lowest BCUT2D eigenvalue weighted by Gasteiger charge is -2.36. The highest BCUT2D eigenvalue weighted by Gasteiger charge is 2.79. The summed E-state index contributed by atoms with van der Waals surface area (Å²) in [4.78, 5) is 43.7. The van der Waals surface area contributed by atoms with Crippen LogP contribution in [0.2, 0.25) is 0 Å². The van der Waals surface area contributed by atoms with Gasteiger partial charge >= 0.3 is 0 Å². The number of carbonyl (C=O) groups excluding carboxylic acids is 3. The highest BCUT2D eigenvalue weighted by atomic mass is 16.5. The van der Waals surface area contributed by atoms with Gasteiger partial charge < -0.3 is 30.1 Å². The fourth-order valence-electron chi connectivity index (χ4n) is 7.21. The molecule has 9 nitrogen and oxygen atoms in total. The van der Waals surface area contributed by atoms with E-state index in [4.69, 9.17) is 14.6 Å². The smallest absolute Gasteiger partial charge is 0.250 e. The van der Waals surface area contributed by atoms with Crippen LogP contribution in [0.15, 0.2) is 54.6 Å². The van der Waals surface area contributed by atoms with Gasteiger partial charge in [0.2, 0.25) is 17.7 Å². The van der Waals surface area contributed by atoms with Gasteiger partial charge in [-0.05, 0) is 61.9 Å². The van der Waals surface area contributed by atoms with E-state index in [1.807, 2.05) is 44.2 Å². The molecule has 1 spiro atoms. The fourth-order valence-corrected chi connectivity index (χ4v) is 7.21. The van der Waals surface area contributed by atoms with Crippen LogP contribution in [0, 0.1) is 17.8 Å². The molecule has 0 aromatic heterocycles. The Balaban J connectivity index is 1.43. The lowest BCUT2D eigenvalue weighted by molar-refractivity contribution is -0.146. The molecule has 2 bridgehead atoms. The maximum absolute atomic E-state index is 14.2. The second-order valence-corrected chi connectivity index (χ2v) is 11.8. The Hall–Kier alpha value is -3.43. The van der Waals surface area contributed by atoms with Gasteiger partial charge in [0.1, 0.15) is 17.4 Å². The van der Waals surface area contributed by atoms with Crippen molar-refractivity contribution in [3.05, 3.63) is 60.2 Å². The minimum Gasteiger partial charge on any atom is -0.497 e. The average Bonchev–Trinajstić information content (AvgIpc) is 3.49. The Labute approximate surface area is 241 Å². The van der Waals surface area contributed by atoms with Gasteiger partial charge in [0.25, 0.3) is 0 Å². The van der Waals surface area contributed by atoms with Crippen molar-refractivity contribution in [2.75, 3.05) is 25.6 Å². The predicted octanol–water partition coefficient (Wildman–Crippen LogP) is 3.51. The molecular formula is C32H41N3O6. The molecule has 0 radical (unpaired) electrons. The molecule has 3 amide bonds. The molecular weight excluding hydrogens is 522 g/mol. The van der Waals surface area contributed by atoms with Crippen LogP contribution in [-0.2, 0) is 25.7 Å². The monoisotopic (exact) mass is 563 g/mol. The normalized spacial score (nSPS) is 29.9. The summed E-state index contributed by atoms with van der Waals surface area (Å²) >= 11 is 0. The Morgan fingerprint density at radius 2 is 1.76 bits per heavy atom. The largest absolute Gasteiger partial charge is 0.497 e. The molecule has 3 saturated heterocycles. The molecule has 3 fully saturated rings. The van der Waals surface area contributed by atoms with Gasteiger partial charge in [0, 0.05) is 25.4 Å². The van der Waals surface area contributed by atoms with Crippen molar-refractivity contribution in [2.45, 2.75) is 69.7 Å². The van der Waals surface area contributed by atoms with Gasteiger partial charge in [0.15, 0.2) is 0 Å². The maximum Gasteiger partial charge on any atom is 0.250 e. The summed E-state index contributed by atoms with van der Waals surface area (Å²) in [5.74, 6) is -1.55. The summed E-state index contributed by atoms with van der Waals surface area (Å²) in [6.45, 7) is 4.83. The summed E-state index contributed by atoms with van der Waals surface area (Å²) in [6, 6.07) is 15.9. The van der Waals surface area contributed by atoms with Crippen LogP contribution < -0.4 is 15.4 Å². The first-order valence-electron chi connectivity index (χ1n) is 14.6. The van der Waals surface area contributed by atoms with Crippen LogP contribution >= 0.6 is 0 Å². The van der Waals surface area contributed by atoms with Gasteiger partial charge in [-0.3, -0.25) is 14.4 Å². The van der Waals surface area contributed by atoms with Crippen molar-refractivity contribution in [3.63, 3.8) is 0 Å². The number of aliphatic hydroxyl groups is 1. The first kappa shape index (κ1) is 29.1. The number of ether oxygens (including phenoxy) is 2. The Morgan fingerprint density at radius 3 is 2.44 bits per heavy atom. The number of nitrogens with zero attached hydrogens (tertiary/aromatic N) is 1. The number of hydrogen-bond donors (Lipinski definition) is 3. The van der Waals surface area contributed by atoms with Crippen LogP contribution in [-0.4, -0.2) is 65.2 Å². The summed E-state index contributed by atoms with van der Waals surface area (Å²) in [5.41, 5.74) is -0.402. The SMILES string of the molecule is COc1ccc(NC(=O)C2N(CCCCCCO)C(=O)[C@@H]3[C@H](C(=O)NCc4ccccc4)[C@@]4(C)OC23CC4C)cc1. The number of nitrogens with one attached hydrogen (secondary N) is 2. The summed E-state index contributed by atoms with van der Waals surface area (Å²) in [6.07, 6.45) is 3.57. The first-order valence-corrected chi connectivity index (χ1v) is 14.6. The molecule has 9 heteroatoms. The summed E-state index contributed by atoms with van der Waals surface area (Å²) in [7, 11) is 1.58. The molecule has 3 aliphatic heterocycles. The zero-order chi connectivity index (χ0) is 29.2. The number of hydrogen-bond acceptors (Lipinski definition) is 6. The van der Waals surface area contributed by atoms with Gasteiger partial charge in [-0.1, -0.05) is 50.1 Å². The molecule has 0 saturated carbocycles. The van der Waals surface area contributed by atoms with E-state index in [2.05, 4.69) is 10.6 Å². The highest BCUT2D eigenvalue weighted by Crippen LogP contribution is 2.65. The third kappa shape index (κ3) is 5.21. The number of amides is 3. The number of likely N-dealkylation sites (tertiary alicyclic amines) is 1. The zero-order valence-corrected chi connectivity index (χ0v) is 24.1. The molecule has 220 valence electrons. The number of methoxy groups -OCH3 is 1. The maximum atomic E-state index is 14.2. The Morgan fingerprint density at radius 1 is 1.05 bits per heavy atom. The molecule has 2 aromatic carbocycles. The average molecular weight is 564 g/mol. The molecule has 41 heavy (non-hydrogen) atoms. The zero-order valence-electron chi connectivity index (χ0n) is 24.1. The lowest BCUT2D eigenvalue weighted by Crippen LogP contribution is -2.54. The second kappa shape index (κ2) is 11.8. The molecule has 3 N–H and O–H groups in total. The van der Waals surface area contributed by atoms with Gasteiger partial charge in [-0.2, -0.15) is 0 Å². The van der Waals surface area contributed by atoms with Gasteiger partial charge in [0.05, 0.1) is 24.5 Å². The minimum absolute atomic E-state index is 0.0279. The van der Waals surface area contributed by atoms with Crippen molar-refractivity contribution in [2.24, 2.45) is 17.8 Å². The summed E-state index contributed by atoms with van der Waals surface area (Å²) < 4.78 is 12.0. The molecule has 2 aromatic rings. The topological polar surface area (TPSA) is 117 Å². The Kier molecular flexibility index (Phi) is 8.38. The van der Waals surface area contributed by atoms with E-state index in [1.165, 1.54) is 0 Å². The lowest BCUT2D eigenvalue weighted by atomic mass is 9.62. The minimum atomic E-state index is -1.10. The van der Waals surface area contributed by atoms with Crippen molar-refractivity contribution in [1.82, 2.24) is 10.2 Å². The molecule has 0 aliphatic carbocycles. The van der Waals surface area contributed by atoms with Crippen molar-refractivity contribution in [1.29, 1.82) is 0 Å². The van der Waals surface area contributed by atoms with E-state index in [1.54, 1.807) is 36.3 Å². The van der Waals surface area contributed by atoms with Gasteiger partial charge in [-0.15, -0.1) is 0 Å². The number of anilines is 1. The highest BCUT2D eigenvalue weighted by molar-refractivity contribution is 6.03. The fraction of sp³-hybridized carbons (Fsp3) is 0.531. The molecule has 5 rings (SSSR count). The van der Waals surface area contributed by atoms with E-state index in [-0.39, 0.29) is 30.2 Å². The standard InChI is InChI=1S/C32H41N3O6/c1-21-19-32-26(25(31(21,2)41-32)28(37)33-20-22-11-7-6-8-12-22)30(39)35(17-9-4-5-10-18-36)27(32)29(38)34-23-13-15-24(40-3)16-14-23/h6-8,11-16,21,25-27,36H,4-5,9-10,17-20H2,1-3H3,(H,33,37)(H,34,38)/t21?,25-,26+,27?,31+,32?/m1/s1. The number of unbranched alkanes of at least 4 members (excludes halogenated alkanes) is 3. The number of rotatable bonds is 12. The number of benzene rings is 2. The van der Waals surface area contributed by atoms with E-state index in [0.29, 0.717) is 43.8 Å². The van der Waals surface area contributed by atoms with E-state index < -0.39 is 29.1 Å². The van der Waals surface area contributed by atoms with E-state index in [9.17, 15) is 14.4 Å². The summed E-state index contributed by atoms with van der Waals surface area (Å²) in [5, 5.41) is 15.2. The molecule has 3 unspecified atom stereocenters. The van der Waals surface area contributed by atoms with Crippen LogP contribution in [0.25, 0.3) is 0 Å². The first-order chi connectivity index (χ1) is 19.7. The van der Waals surface area contributed by atoms with Crippen molar-refractivity contribution in [3.8, 4) is 5.75 Å². The number of aliphatic hydroxyl groups excluding tert-OH is 1. The van der Waals surface area contributed by atoms with Crippen molar-refractivity contribution >= 4 is 23.4 Å². The van der Waals surface area contributed by atoms with Crippen LogP contribution in [0.5, 0.6) is 5.75 Å². The van der Waals surface area contributed by atoms with Crippen LogP contribution in [0.4, 0.5) is 5.69 Å². The van der Waals surface area contributed by atoms with Crippen LogP contribution in [0.3, 0.4) is 0 Å². The molecule has 6 atom stereocenters. The van der Waals surface area contributed by atoms with Crippen molar-refractivity contribution < 1.29 is 29.0 Å². The Bertz CT molecular complexity index is 1250. The molecule has 3 heterocycles. The predicted molar refractivity (Wildman–Crippen MR) is 154 cm³/mol. The number of carbonyl (C=O) groups is 3. The third-order valence-corrected chi connectivity index (χ3v) is 9.32. The quantitative estimate of drug-likeness (QED) is 0.340. The van der Waals surface area contributed by atoms with E-state index in [0.717, 1.165) is 18.4 Å².